The Labute approximate surface area is 108 Å². The van der Waals surface area contributed by atoms with Gasteiger partial charge >= 0.3 is 17.3 Å². The second kappa shape index (κ2) is 3.92. The molecule has 3 rings (SSSR count). The topological polar surface area (TPSA) is 121 Å². The SMILES string of the molecule is O=C(O)c1ccc2nc(-n3c(=O)[nH][nH]c3=O)sc2c1. The first-order valence-corrected chi connectivity index (χ1v) is 5.92. The third kappa shape index (κ3) is 1.76. The molecule has 0 aliphatic carbocycles. The minimum absolute atomic E-state index is 0.123. The number of hydrogen-bond donors (Lipinski definition) is 3. The maximum Gasteiger partial charge on any atom is 0.350 e. The van der Waals surface area contributed by atoms with Crippen LogP contribution in [0.15, 0.2) is 27.8 Å². The van der Waals surface area contributed by atoms with Crippen LogP contribution in [-0.2, 0) is 0 Å². The lowest BCUT2D eigenvalue weighted by molar-refractivity contribution is 0.0697. The predicted molar refractivity (Wildman–Crippen MR) is 67.1 cm³/mol. The van der Waals surface area contributed by atoms with Crippen molar-refractivity contribution in [1.29, 1.82) is 0 Å². The van der Waals surface area contributed by atoms with E-state index in [0.29, 0.717) is 10.2 Å². The first-order valence-electron chi connectivity index (χ1n) is 5.10. The summed E-state index contributed by atoms with van der Waals surface area (Å²) in [4.78, 5) is 37.9. The Bertz CT molecular complexity index is 873. The number of rotatable bonds is 2. The molecule has 1 aromatic carbocycles. The molecule has 0 amide bonds. The number of nitrogens with one attached hydrogen (secondary N) is 2. The van der Waals surface area contributed by atoms with E-state index >= 15 is 0 Å². The summed E-state index contributed by atoms with van der Waals surface area (Å²) in [7, 11) is 0. The molecule has 0 saturated heterocycles. The summed E-state index contributed by atoms with van der Waals surface area (Å²) in [5.74, 6) is -1.05. The van der Waals surface area contributed by atoms with Crippen molar-refractivity contribution in [2.45, 2.75) is 0 Å². The van der Waals surface area contributed by atoms with Crippen LogP contribution in [0.1, 0.15) is 10.4 Å². The van der Waals surface area contributed by atoms with Crippen molar-refractivity contribution in [2.24, 2.45) is 0 Å². The Kier molecular flexibility index (Phi) is 2.35. The quantitative estimate of drug-likeness (QED) is 0.616. The van der Waals surface area contributed by atoms with Crippen LogP contribution in [0.3, 0.4) is 0 Å². The highest BCUT2D eigenvalue weighted by Gasteiger charge is 2.13. The average molecular weight is 278 g/mol. The van der Waals surface area contributed by atoms with Gasteiger partial charge in [0.05, 0.1) is 15.8 Å². The molecular formula is C10H6N4O4S. The average Bonchev–Trinajstić information content (AvgIpc) is 2.91. The molecular weight excluding hydrogens is 272 g/mol. The van der Waals surface area contributed by atoms with Crippen LogP contribution in [0.25, 0.3) is 15.3 Å². The third-order valence-corrected chi connectivity index (χ3v) is 3.50. The number of aromatic nitrogens is 4. The van der Waals surface area contributed by atoms with Gasteiger partial charge in [0.1, 0.15) is 0 Å². The molecule has 0 atom stereocenters. The van der Waals surface area contributed by atoms with Crippen LogP contribution < -0.4 is 11.4 Å². The normalized spacial score (nSPS) is 10.9. The second-order valence-electron chi connectivity index (χ2n) is 3.68. The smallest absolute Gasteiger partial charge is 0.350 e. The first kappa shape index (κ1) is 11.4. The molecule has 0 bridgehead atoms. The summed E-state index contributed by atoms with van der Waals surface area (Å²) < 4.78 is 1.44. The van der Waals surface area contributed by atoms with E-state index < -0.39 is 17.3 Å². The highest BCUT2D eigenvalue weighted by atomic mass is 32.1. The number of fused-ring (bicyclic) bond motifs is 1. The predicted octanol–water partition coefficient (Wildman–Crippen LogP) is 0.162. The fourth-order valence-electron chi connectivity index (χ4n) is 1.63. The number of carboxylic acids is 1. The van der Waals surface area contributed by atoms with Gasteiger partial charge in [-0.05, 0) is 18.2 Å². The van der Waals surface area contributed by atoms with Crippen LogP contribution in [0.2, 0.25) is 0 Å². The maximum atomic E-state index is 11.4. The number of aromatic amines is 2. The van der Waals surface area contributed by atoms with Gasteiger partial charge in [-0.15, -0.1) is 0 Å². The Hall–Kier alpha value is -2.68. The van der Waals surface area contributed by atoms with Crippen LogP contribution in [-0.4, -0.2) is 30.8 Å². The summed E-state index contributed by atoms with van der Waals surface area (Å²) in [5.41, 5.74) is -0.597. The Morgan fingerprint density at radius 3 is 2.58 bits per heavy atom. The molecule has 0 aliphatic rings. The molecule has 8 nitrogen and oxygen atoms in total. The number of carbonyl (C=O) groups is 1. The maximum absolute atomic E-state index is 11.4. The lowest BCUT2D eigenvalue weighted by Gasteiger charge is -1.91. The minimum Gasteiger partial charge on any atom is -0.478 e. The van der Waals surface area contributed by atoms with E-state index in [1.807, 2.05) is 0 Å². The standard InChI is InChI=1S/C10H6N4O4S/c15-7(16)4-1-2-5-6(3-4)19-10(11-5)14-8(17)12-13-9(14)18/h1-3H,(H,12,17)(H,13,18)(H,15,16). The highest BCUT2D eigenvalue weighted by molar-refractivity contribution is 7.20. The first-order chi connectivity index (χ1) is 9.06. The number of benzene rings is 1. The Morgan fingerprint density at radius 1 is 1.26 bits per heavy atom. The van der Waals surface area contributed by atoms with Gasteiger partial charge in [-0.3, -0.25) is 0 Å². The fraction of sp³-hybridized carbons (Fsp3) is 0. The molecule has 0 saturated carbocycles. The molecule has 0 aliphatic heterocycles. The summed E-state index contributed by atoms with van der Waals surface area (Å²) in [5, 5.41) is 13.4. The van der Waals surface area contributed by atoms with Crippen molar-refractivity contribution in [3.63, 3.8) is 0 Å². The van der Waals surface area contributed by atoms with E-state index in [4.69, 9.17) is 5.11 Å². The van der Waals surface area contributed by atoms with E-state index in [2.05, 4.69) is 15.2 Å². The summed E-state index contributed by atoms with van der Waals surface area (Å²) in [6.07, 6.45) is 0. The number of hydrogen-bond acceptors (Lipinski definition) is 5. The zero-order valence-electron chi connectivity index (χ0n) is 9.21. The summed E-state index contributed by atoms with van der Waals surface area (Å²) in [6.45, 7) is 0. The van der Waals surface area contributed by atoms with Gasteiger partial charge in [0.15, 0.2) is 0 Å². The lowest BCUT2D eigenvalue weighted by Crippen LogP contribution is -2.24. The zero-order valence-corrected chi connectivity index (χ0v) is 10.0. The van der Waals surface area contributed by atoms with E-state index in [0.717, 1.165) is 15.9 Å². The third-order valence-electron chi connectivity index (χ3n) is 2.50. The molecule has 2 aromatic heterocycles. The molecule has 19 heavy (non-hydrogen) atoms. The van der Waals surface area contributed by atoms with Gasteiger partial charge in [-0.1, -0.05) is 11.3 Å². The molecule has 0 unspecified atom stereocenters. The van der Waals surface area contributed by atoms with Gasteiger partial charge in [0, 0.05) is 0 Å². The van der Waals surface area contributed by atoms with Gasteiger partial charge in [0.2, 0.25) is 5.13 Å². The Morgan fingerprint density at radius 2 is 1.95 bits per heavy atom. The fourth-order valence-corrected chi connectivity index (χ4v) is 2.63. The van der Waals surface area contributed by atoms with Crippen LogP contribution in [0.5, 0.6) is 0 Å². The van der Waals surface area contributed by atoms with Crippen molar-refractivity contribution in [1.82, 2.24) is 19.7 Å². The highest BCUT2D eigenvalue weighted by Crippen LogP contribution is 2.24. The molecule has 0 spiro atoms. The summed E-state index contributed by atoms with van der Waals surface area (Å²) >= 11 is 1.06. The number of H-pyrrole nitrogens is 2. The van der Waals surface area contributed by atoms with Crippen LogP contribution >= 0.6 is 11.3 Å². The van der Waals surface area contributed by atoms with Crippen molar-refractivity contribution in [3.8, 4) is 5.13 Å². The molecule has 96 valence electrons. The van der Waals surface area contributed by atoms with Gasteiger partial charge in [0.25, 0.3) is 0 Å². The van der Waals surface area contributed by atoms with E-state index in [1.54, 1.807) is 0 Å². The van der Waals surface area contributed by atoms with Crippen molar-refractivity contribution < 1.29 is 9.90 Å². The van der Waals surface area contributed by atoms with Crippen molar-refractivity contribution >= 4 is 27.5 Å². The van der Waals surface area contributed by atoms with Gasteiger partial charge in [-0.2, -0.15) is 4.57 Å². The summed E-state index contributed by atoms with van der Waals surface area (Å²) in [6, 6.07) is 4.40. The minimum atomic E-state index is -1.05. The Balaban J connectivity index is 2.25. The van der Waals surface area contributed by atoms with Crippen molar-refractivity contribution in [2.75, 3.05) is 0 Å². The molecule has 0 radical (unpaired) electrons. The second-order valence-corrected chi connectivity index (χ2v) is 4.69. The molecule has 2 heterocycles. The van der Waals surface area contributed by atoms with Gasteiger partial charge < -0.3 is 5.11 Å². The largest absolute Gasteiger partial charge is 0.478 e. The number of thiazole rings is 1. The number of nitrogens with zero attached hydrogens (tertiary/aromatic N) is 2. The van der Waals surface area contributed by atoms with E-state index in [1.165, 1.54) is 18.2 Å². The van der Waals surface area contributed by atoms with E-state index in [-0.39, 0.29) is 10.7 Å². The monoisotopic (exact) mass is 278 g/mol. The van der Waals surface area contributed by atoms with Crippen LogP contribution in [0.4, 0.5) is 0 Å². The van der Waals surface area contributed by atoms with Crippen molar-refractivity contribution in [3.05, 3.63) is 44.7 Å². The number of carboxylic acid groups (broad SMARTS) is 1. The van der Waals surface area contributed by atoms with E-state index in [9.17, 15) is 14.4 Å². The molecule has 0 fully saturated rings. The number of aromatic carboxylic acids is 1. The molecule has 3 aromatic rings. The molecule has 9 heteroatoms. The zero-order chi connectivity index (χ0) is 13.6. The molecule has 3 N–H and O–H groups in total. The van der Waals surface area contributed by atoms with Crippen LogP contribution in [0, 0.1) is 0 Å². The van der Waals surface area contributed by atoms with Gasteiger partial charge in [-0.25, -0.2) is 29.6 Å². The lowest BCUT2D eigenvalue weighted by atomic mass is 10.2.